The summed E-state index contributed by atoms with van der Waals surface area (Å²) in [6.45, 7) is 7.03. The summed E-state index contributed by atoms with van der Waals surface area (Å²) < 4.78 is 14.3. The van der Waals surface area contributed by atoms with Crippen LogP contribution in [-0.4, -0.2) is 29.0 Å². The fourth-order valence-corrected chi connectivity index (χ4v) is 2.69. The first-order chi connectivity index (χ1) is 9.52. The van der Waals surface area contributed by atoms with Crippen LogP contribution in [0.4, 0.5) is 4.39 Å². The van der Waals surface area contributed by atoms with Crippen molar-refractivity contribution in [2.45, 2.75) is 26.8 Å². The number of nitrogens with two attached hydrogens (primary N) is 1. The van der Waals surface area contributed by atoms with E-state index in [2.05, 4.69) is 23.9 Å². The molecule has 1 aliphatic heterocycles. The van der Waals surface area contributed by atoms with Gasteiger partial charge in [-0.15, -0.1) is 0 Å². The maximum absolute atomic E-state index is 14.3. The highest BCUT2D eigenvalue weighted by Gasteiger charge is 2.23. The van der Waals surface area contributed by atoms with E-state index >= 15 is 0 Å². The van der Waals surface area contributed by atoms with Crippen LogP contribution in [0.5, 0.6) is 0 Å². The summed E-state index contributed by atoms with van der Waals surface area (Å²) in [4.78, 5) is 2.26. The second kappa shape index (κ2) is 6.22. The number of hydrogen-bond acceptors (Lipinski definition) is 3. The highest BCUT2D eigenvalue weighted by atomic mass is 19.1. The zero-order valence-electron chi connectivity index (χ0n) is 12.0. The van der Waals surface area contributed by atoms with E-state index in [9.17, 15) is 4.39 Å². The third kappa shape index (κ3) is 3.10. The topological polar surface area (TPSA) is 61.8 Å². The lowest BCUT2D eigenvalue weighted by molar-refractivity contribution is 0.131. The van der Waals surface area contributed by atoms with E-state index in [1.807, 2.05) is 0 Å². The maximum atomic E-state index is 14.3. The molecule has 1 aromatic rings. The Morgan fingerprint density at radius 2 is 2.20 bits per heavy atom. The summed E-state index contributed by atoms with van der Waals surface area (Å²) in [6.07, 6.45) is 1.14. The Morgan fingerprint density at radius 3 is 2.85 bits per heavy atom. The third-order valence-electron chi connectivity index (χ3n) is 4.27. The summed E-state index contributed by atoms with van der Waals surface area (Å²) in [5.74, 6) is 0.762. The first-order valence-corrected chi connectivity index (χ1v) is 7.00. The molecule has 110 valence electrons. The average Bonchev–Trinajstić information content (AvgIpc) is 2.44. The van der Waals surface area contributed by atoms with Crippen LogP contribution in [0.1, 0.15) is 31.4 Å². The smallest absolute Gasteiger partial charge is 0.173 e. The standard InChI is InChI=1S/C15H22FN3O/c1-10-6-7-19(8-11(10)2)9-12-4-3-5-13(14(12)16)15(17)18-20/h3-5,10-11,20H,6-9H2,1-2H3,(H2,17,18). The molecule has 4 nitrogen and oxygen atoms in total. The van der Waals surface area contributed by atoms with Crippen LogP contribution in [0.25, 0.3) is 0 Å². The molecule has 2 rings (SSSR count). The van der Waals surface area contributed by atoms with Gasteiger partial charge in [-0.1, -0.05) is 31.1 Å². The van der Waals surface area contributed by atoms with Crippen molar-refractivity contribution in [1.29, 1.82) is 0 Å². The van der Waals surface area contributed by atoms with Crippen LogP contribution < -0.4 is 5.73 Å². The minimum atomic E-state index is -0.394. The number of hydrogen-bond donors (Lipinski definition) is 2. The third-order valence-corrected chi connectivity index (χ3v) is 4.27. The molecule has 0 aliphatic carbocycles. The van der Waals surface area contributed by atoms with Gasteiger partial charge in [-0.2, -0.15) is 0 Å². The Morgan fingerprint density at radius 1 is 1.45 bits per heavy atom. The largest absolute Gasteiger partial charge is 0.409 e. The van der Waals surface area contributed by atoms with Crippen molar-refractivity contribution in [2.75, 3.05) is 13.1 Å². The number of benzene rings is 1. The monoisotopic (exact) mass is 279 g/mol. The lowest BCUT2D eigenvalue weighted by atomic mass is 9.88. The Labute approximate surface area is 119 Å². The number of oxime groups is 1. The molecule has 0 saturated carbocycles. The Hall–Kier alpha value is -1.62. The van der Waals surface area contributed by atoms with Crippen molar-refractivity contribution in [3.05, 3.63) is 35.1 Å². The van der Waals surface area contributed by atoms with Crippen LogP contribution in [0.2, 0.25) is 0 Å². The molecule has 20 heavy (non-hydrogen) atoms. The number of nitrogens with zero attached hydrogens (tertiary/aromatic N) is 2. The van der Waals surface area contributed by atoms with E-state index in [-0.39, 0.29) is 11.4 Å². The SMILES string of the molecule is CC1CCN(Cc2cccc(/C(N)=N/O)c2F)CC1C. The van der Waals surface area contributed by atoms with E-state index in [0.29, 0.717) is 18.0 Å². The summed E-state index contributed by atoms with van der Waals surface area (Å²) in [5.41, 5.74) is 6.23. The molecule has 1 fully saturated rings. The van der Waals surface area contributed by atoms with E-state index < -0.39 is 5.82 Å². The maximum Gasteiger partial charge on any atom is 0.173 e. The van der Waals surface area contributed by atoms with Crippen molar-refractivity contribution >= 4 is 5.84 Å². The lowest BCUT2D eigenvalue weighted by Gasteiger charge is -2.35. The number of amidine groups is 1. The molecule has 1 saturated heterocycles. The van der Waals surface area contributed by atoms with Gasteiger partial charge < -0.3 is 10.9 Å². The Kier molecular flexibility index (Phi) is 4.60. The molecule has 0 bridgehead atoms. The van der Waals surface area contributed by atoms with Gasteiger partial charge in [0, 0.05) is 18.7 Å². The van der Waals surface area contributed by atoms with Gasteiger partial charge in [0.15, 0.2) is 5.84 Å². The molecule has 1 aromatic carbocycles. The number of likely N-dealkylation sites (tertiary alicyclic amines) is 1. The van der Waals surface area contributed by atoms with Crippen molar-refractivity contribution in [3.8, 4) is 0 Å². The molecule has 0 aromatic heterocycles. The molecule has 3 N–H and O–H groups in total. The molecule has 1 aliphatic rings. The van der Waals surface area contributed by atoms with Gasteiger partial charge in [0.2, 0.25) is 0 Å². The van der Waals surface area contributed by atoms with Crippen LogP contribution in [-0.2, 0) is 6.54 Å². The molecule has 0 radical (unpaired) electrons. The van der Waals surface area contributed by atoms with Crippen LogP contribution in [0, 0.1) is 17.7 Å². The summed E-state index contributed by atoms with van der Waals surface area (Å²) in [5, 5.41) is 11.5. The predicted molar refractivity (Wildman–Crippen MR) is 77.1 cm³/mol. The molecule has 2 unspecified atom stereocenters. The van der Waals surface area contributed by atoms with Gasteiger partial charge in [-0.05, 0) is 30.9 Å². The van der Waals surface area contributed by atoms with Crippen molar-refractivity contribution < 1.29 is 9.60 Å². The minimum absolute atomic E-state index is 0.156. The zero-order valence-corrected chi connectivity index (χ0v) is 12.0. The molecule has 1 heterocycles. The summed E-state index contributed by atoms with van der Waals surface area (Å²) in [7, 11) is 0. The van der Waals surface area contributed by atoms with Crippen LogP contribution >= 0.6 is 0 Å². The first-order valence-electron chi connectivity index (χ1n) is 7.00. The van der Waals surface area contributed by atoms with E-state index in [1.165, 1.54) is 6.07 Å². The van der Waals surface area contributed by atoms with Crippen molar-refractivity contribution in [3.63, 3.8) is 0 Å². The normalized spacial score (nSPS) is 24.9. The Bertz CT molecular complexity index is 504. The molecule has 2 atom stereocenters. The molecule has 5 heteroatoms. The summed E-state index contributed by atoms with van der Waals surface area (Å²) in [6, 6.07) is 5.02. The highest BCUT2D eigenvalue weighted by Crippen LogP contribution is 2.24. The molecular weight excluding hydrogens is 257 g/mol. The predicted octanol–water partition coefficient (Wildman–Crippen LogP) is 2.40. The van der Waals surface area contributed by atoms with Gasteiger partial charge in [-0.3, -0.25) is 4.90 Å². The zero-order chi connectivity index (χ0) is 14.7. The Balaban J connectivity index is 2.14. The quantitative estimate of drug-likeness (QED) is 0.386. The number of rotatable bonds is 3. The van der Waals surface area contributed by atoms with Gasteiger partial charge in [0.05, 0.1) is 5.56 Å². The molecule has 0 spiro atoms. The highest BCUT2D eigenvalue weighted by molar-refractivity contribution is 5.97. The van der Waals surface area contributed by atoms with Gasteiger partial charge >= 0.3 is 0 Å². The summed E-state index contributed by atoms with van der Waals surface area (Å²) >= 11 is 0. The fraction of sp³-hybridized carbons (Fsp3) is 0.533. The van der Waals surface area contributed by atoms with E-state index in [1.54, 1.807) is 12.1 Å². The first kappa shape index (κ1) is 14.8. The lowest BCUT2D eigenvalue weighted by Crippen LogP contribution is -2.38. The molecular formula is C15H22FN3O. The molecule has 0 amide bonds. The van der Waals surface area contributed by atoms with Crippen molar-refractivity contribution in [2.24, 2.45) is 22.7 Å². The van der Waals surface area contributed by atoms with E-state index in [0.717, 1.165) is 25.4 Å². The van der Waals surface area contributed by atoms with Gasteiger partial charge in [-0.25, -0.2) is 4.39 Å². The minimum Gasteiger partial charge on any atom is -0.409 e. The number of halogens is 1. The average molecular weight is 279 g/mol. The van der Waals surface area contributed by atoms with Crippen LogP contribution in [0.3, 0.4) is 0 Å². The second-order valence-electron chi connectivity index (χ2n) is 5.74. The van der Waals surface area contributed by atoms with Gasteiger partial charge in [0.1, 0.15) is 5.82 Å². The second-order valence-corrected chi connectivity index (χ2v) is 5.74. The van der Waals surface area contributed by atoms with Gasteiger partial charge in [0.25, 0.3) is 0 Å². The number of piperidine rings is 1. The fourth-order valence-electron chi connectivity index (χ4n) is 2.69. The van der Waals surface area contributed by atoms with E-state index in [4.69, 9.17) is 10.9 Å². The van der Waals surface area contributed by atoms with Crippen LogP contribution in [0.15, 0.2) is 23.4 Å². The van der Waals surface area contributed by atoms with Crippen molar-refractivity contribution in [1.82, 2.24) is 4.90 Å².